The highest BCUT2D eigenvalue weighted by Crippen LogP contribution is 2.27. The van der Waals surface area contributed by atoms with Crippen LogP contribution in [0, 0.1) is 6.92 Å². The minimum absolute atomic E-state index is 0.387. The van der Waals surface area contributed by atoms with Crippen LogP contribution in [-0.4, -0.2) is 9.78 Å². The Morgan fingerprint density at radius 1 is 1.36 bits per heavy atom. The Labute approximate surface area is 95.2 Å². The maximum Gasteiger partial charge on any atom is 0.132 e. The van der Waals surface area contributed by atoms with E-state index in [4.69, 9.17) is 23.2 Å². The molecule has 0 aliphatic rings. The molecule has 80 valence electrons. The number of nitrogens with zero attached hydrogens (tertiary/aromatic N) is 2. The zero-order chi connectivity index (χ0) is 10.7. The fourth-order valence-corrected chi connectivity index (χ4v) is 2.35. The SMILES string of the molecule is CCC(CC)n1nc(C)c(CCl)c1Cl. The highest BCUT2D eigenvalue weighted by molar-refractivity contribution is 6.31. The molecule has 0 aromatic carbocycles. The van der Waals surface area contributed by atoms with Gasteiger partial charge in [-0.25, -0.2) is 0 Å². The molecule has 0 bridgehead atoms. The monoisotopic (exact) mass is 234 g/mol. The summed E-state index contributed by atoms with van der Waals surface area (Å²) in [5, 5.41) is 5.12. The second kappa shape index (κ2) is 5.04. The van der Waals surface area contributed by atoms with Crippen LogP contribution in [0.3, 0.4) is 0 Å². The molecule has 0 saturated carbocycles. The Bertz CT molecular complexity index is 303. The van der Waals surface area contributed by atoms with Crippen LogP contribution in [0.5, 0.6) is 0 Å². The van der Waals surface area contributed by atoms with E-state index < -0.39 is 0 Å². The Morgan fingerprint density at radius 2 is 1.93 bits per heavy atom. The van der Waals surface area contributed by atoms with Gasteiger partial charge in [-0.15, -0.1) is 11.6 Å². The molecule has 0 unspecified atom stereocenters. The zero-order valence-electron chi connectivity index (χ0n) is 8.85. The lowest BCUT2D eigenvalue weighted by Gasteiger charge is -2.13. The Hall–Kier alpha value is -0.210. The van der Waals surface area contributed by atoms with Gasteiger partial charge in [0, 0.05) is 5.56 Å². The van der Waals surface area contributed by atoms with E-state index in [1.165, 1.54) is 0 Å². The topological polar surface area (TPSA) is 17.8 Å². The van der Waals surface area contributed by atoms with Gasteiger partial charge in [-0.2, -0.15) is 5.10 Å². The molecule has 1 aromatic heterocycles. The number of hydrogen-bond donors (Lipinski definition) is 0. The molecule has 1 aromatic rings. The highest BCUT2D eigenvalue weighted by Gasteiger charge is 2.16. The smallest absolute Gasteiger partial charge is 0.132 e. The summed E-state index contributed by atoms with van der Waals surface area (Å²) in [4.78, 5) is 0. The fourth-order valence-electron chi connectivity index (χ4n) is 1.58. The summed E-state index contributed by atoms with van der Waals surface area (Å²) in [6.07, 6.45) is 2.08. The van der Waals surface area contributed by atoms with E-state index in [0.29, 0.717) is 17.1 Å². The molecule has 0 amide bonds. The number of hydrogen-bond acceptors (Lipinski definition) is 1. The average Bonchev–Trinajstić information content (AvgIpc) is 2.45. The molecule has 4 heteroatoms. The van der Waals surface area contributed by atoms with Gasteiger partial charge in [0.05, 0.1) is 17.6 Å². The maximum atomic E-state index is 6.20. The van der Waals surface area contributed by atoms with Crippen LogP contribution in [0.4, 0.5) is 0 Å². The van der Waals surface area contributed by atoms with E-state index in [1.807, 2.05) is 11.6 Å². The first-order valence-corrected chi connectivity index (χ1v) is 5.86. The largest absolute Gasteiger partial charge is 0.250 e. The minimum atomic E-state index is 0.387. The second-order valence-corrected chi connectivity index (χ2v) is 4.03. The quantitative estimate of drug-likeness (QED) is 0.722. The van der Waals surface area contributed by atoms with Crippen molar-refractivity contribution in [1.29, 1.82) is 0 Å². The predicted octanol–water partition coefficient (Wildman–Crippen LogP) is 3.94. The van der Waals surface area contributed by atoms with Gasteiger partial charge in [-0.05, 0) is 19.8 Å². The second-order valence-electron chi connectivity index (χ2n) is 3.40. The van der Waals surface area contributed by atoms with Crippen molar-refractivity contribution in [3.63, 3.8) is 0 Å². The zero-order valence-corrected chi connectivity index (χ0v) is 10.4. The number of halogens is 2. The van der Waals surface area contributed by atoms with Crippen LogP contribution in [0.15, 0.2) is 0 Å². The fraction of sp³-hybridized carbons (Fsp3) is 0.700. The lowest BCUT2D eigenvalue weighted by atomic mass is 10.2. The van der Waals surface area contributed by atoms with E-state index in [1.54, 1.807) is 0 Å². The maximum absolute atomic E-state index is 6.20. The number of aromatic nitrogens is 2. The van der Waals surface area contributed by atoms with Crippen LogP contribution in [0.25, 0.3) is 0 Å². The molecule has 0 fully saturated rings. The van der Waals surface area contributed by atoms with Crippen molar-refractivity contribution < 1.29 is 0 Å². The van der Waals surface area contributed by atoms with Crippen LogP contribution in [0.2, 0.25) is 5.15 Å². The standard InChI is InChI=1S/C10H16Cl2N2/c1-4-8(5-2)14-10(12)9(6-11)7(3)13-14/h8H,4-6H2,1-3H3. The molecule has 0 aliphatic carbocycles. The summed E-state index contributed by atoms with van der Waals surface area (Å²) in [5.74, 6) is 0.435. The molecular formula is C10H16Cl2N2. The number of aryl methyl sites for hydroxylation is 1. The van der Waals surface area contributed by atoms with E-state index in [9.17, 15) is 0 Å². The van der Waals surface area contributed by atoms with Crippen molar-refractivity contribution in [1.82, 2.24) is 9.78 Å². The molecule has 2 nitrogen and oxygen atoms in total. The Morgan fingerprint density at radius 3 is 2.29 bits per heavy atom. The van der Waals surface area contributed by atoms with Gasteiger partial charge in [-0.3, -0.25) is 4.68 Å². The van der Waals surface area contributed by atoms with Crippen molar-refractivity contribution in [2.24, 2.45) is 0 Å². The first kappa shape index (κ1) is 11.9. The first-order chi connectivity index (χ1) is 6.65. The third kappa shape index (κ3) is 2.06. The average molecular weight is 235 g/mol. The lowest BCUT2D eigenvalue weighted by Crippen LogP contribution is -2.08. The third-order valence-electron chi connectivity index (χ3n) is 2.57. The summed E-state index contributed by atoms with van der Waals surface area (Å²) in [5.41, 5.74) is 1.90. The molecule has 1 rings (SSSR count). The Kier molecular flexibility index (Phi) is 4.27. The van der Waals surface area contributed by atoms with Gasteiger partial charge in [0.25, 0.3) is 0 Å². The van der Waals surface area contributed by atoms with Crippen molar-refractivity contribution in [3.8, 4) is 0 Å². The van der Waals surface area contributed by atoms with E-state index in [0.717, 1.165) is 24.1 Å². The molecule has 14 heavy (non-hydrogen) atoms. The summed E-state index contributed by atoms with van der Waals surface area (Å²) in [7, 11) is 0. The predicted molar refractivity (Wildman–Crippen MR) is 61.2 cm³/mol. The summed E-state index contributed by atoms with van der Waals surface area (Å²) < 4.78 is 1.90. The molecule has 0 saturated heterocycles. The van der Waals surface area contributed by atoms with Crippen LogP contribution < -0.4 is 0 Å². The van der Waals surface area contributed by atoms with Gasteiger partial charge in [0.2, 0.25) is 0 Å². The molecule has 0 spiro atoms. The normalized spacial score (nSPS) is 11.3. The highest BCUT2D eigenvalue weighted by atomic mass is 35.5. The van der Waals surface area contributed by atoms with Gasteiger partial charge in [0.15, 0.2) is 0 Å². The van der Waals surface area contributed by atoms with Crippen molar-refractivity contribution in [3.05, 3.63) is 16.4 Å². The summed E-state index contributed by atoms with van der Waals surface area (Å²) >= 11 is 12.0. The molecule has 0 atom stereocenters. The number of alkyl halides is 1. The van der Waals surface area contributed by atoms with Crippen LogP contribution in [0.1, 0.15) is 44.0 Å². The van der Waals surface area contributed by atoms with E-state index in [-0.39, 0.29) is 0 Å². The van der Waals surface area contributed by atoms with Crippen LogP contribution >= 0.6 is 23.2 Å². The Balaban J connectivity index is 3.09. The molecular weight excluding hydrogens is 219 g/mol. The number of rotatable bonds is 4. The van der Waals surface area contributed by atoms with Crippen molar-refractivity contribution in [2.45, 2.75) is 45.5 Å². The first-order valence-electron chi connectivity index (χ1n) is 4.95. The van der Waals surface area contributed by atoms with Gasteiger partial charge in [0.1, 0.15) is 5.15 Å². The van der Waals surface area contributed by atoms with Crippen molar-refractivity contribution >= 4 is 23.2 Å². The van der Waals surface area contributed by atoms with Gasteiger partial charge >= 0.3 is 0 Å². The summed E-state index contributed by atoms with van der Waals surface area (Å²) in [6.45, 7) is 6.23. The van der Waals surface area contributed by atoms with Gasteiger partial charge in [-0.1, -0.05) is 25.4 Å². The third-order valence-corrected chi connectivity index (χ3v) is 3.24. The minimum Gasteiger partial charge on any atom is -0.250 e. The molecule has 0 aliphatic heterocycles. The molecule has 1 heterocycles. The van der Waals surface area contributed by atoms with E-state index in [2.05, 4.69) is 18.9 Å². The van der Waals surface area contributed by atoms with E-state index >= 15 is 0 Å². The van der Waals surface area contributed by atoms with Crippen LogP contribution in [-0.2, 0) is 5.88 Å². The molecule has 0 N–H and O–H groups in total. The summed E-state index contributed by atoms with van der Waals surface area (Å²) in [6, 6.07) is 0.387. The molecule has 0 radical (unpaired) electrons. The van der Waals surface area contributed by atoms with Crippen molar-refractivity contribution in [2.75, 3.05) is 0 Å². The lowest BCUT2D eigenvalue weighted by molar-refractivity contribution is 0.427. The van der Waals surface area contributed by atoms with Gasteiger partial charge < -0.3 is 0 Å².